The van der Waals surface area contributed by atoms with E-state index in [9.17, 15) is 13.2 Å². The van der Waals surface area contributed by atoms with Crippen LogP contribution in [0.1, 0.15) is 19.3 Å². The van der Waals surface area contributed by atoms with Crippen LogP contribution in [0.5, 0.6) is 0 Å². The van der Waals surface area contributed by atoms with E-state index in [2.05, 4.69) is 5.32 Å². The van der Waals surface area contributed by atoms with Crippen molar-refractivity contribution in [2.45, 2.75) is 19.3 Å². The van der Waals surface area contributed by atoms with Crippen molar-refractivity contribution < 1.29 is 13.2 Å². The van der Waals surface area contributed by atoms with E-state index in [0.717, 1.165) is 38.6 Å². The van der Waals surface area contributed by atoms with Gasteiger partial charge in [-0.05, 0) is 37.6 Å². The van der Waals surface area contributed by atoms with E-state index in [1.54, 1.807) is 0 Å². The Labute approximate surface area is 96.7 Å². The highest BCUT2D eigenvalue weighted by Crippen LogP contribution is 2.31. The van der Waals surface area contributed by atoms with Gasteiger partial charge in [0.1, 0.15) is 16.1 Å². The number of rotatable bonds is 2. The maximum atomic E-state index is 11.3. The van der Waals surface area contributed by atoms with Crippen molar-refractivity contribution in [3.05, 3.63) is 0 Å². The second kappa shape index (κ2) is 4.84. The van der Waals surface area contributed by atoms with E-state index in [1.807, 2.05) is 0 Å². The van der Waals surface area contributed by atoms with Crippen molar-refractivity contribution in [2.24, 2.45) is 17.8 Å². The number of aldehydes is 1. The molecule has 0 spiro atoms. The van der Waals surface area contributed by atoms with Gasteiger partial charge in [-0.1, -0.05) is 0 Å². The molecule has 0 aromatic heterocycles. The van der Waals surface area contributed by atoms with Crippen LogP contribution in [0.3, 0.4) is 0 Å². The van der Waals surface area contributed by atoms with E-state index in [0.29, 0.717) is 23.3 Å². The van der Waals surface area contributed by atoms with Gasteiger partial charge in [-0.2, -0.15) is 0 Å². The van der Waals surface area contributed by atoms with Gasteiger partial charge in [0.2, 0.25) is 0 Å². The average molecular weight is 245 g/mol. The highest BCUT2D eigenvalue weighted by atomic mass is 32.2. The van der Waals surface area contributed by atoms with Crippen LogP contribution in [0.25, 0.3) is 0 Å². The molecule has 0 radical (unpaired) electrons. The molecule has 16 heavy (non-hydrogen) atoms. The fraction of sp³-hybridized carbons (Fsp3) is 0.909. The smallest absolute Gasteiger partial charge is 0.150 e. The van der Waals surface area contributed by atoms with Crippen LogP contribution in [-0.4, -0.2) is 39.3 Å². The lowest BCUT2D eigenvalue weighted by Gasteiger charge is -2.35. The number of nitrogens with one attached hydrogen (secondary N) is 1. The number of carbonyl (C=O) groups is 1. The summed E-state index contributed by atoms with van der Waals surface area (Å²) in [7, 11) is -2.76. The summed E-state index contributed by atoms with van der Waals surface area (Å²) in [4.78, 5) is 10.8. The SMILES string of the molecule is O=CC1CNCC(C2CCS(=O)(=O)CC2)C1. The standard InChI is InChI=1S/C11H19NO3S/c13-8-9-5-11(7-12-6-9)10-1-3-16(14,15)4-2-10/h8-12H,1-7H2. The Morgan fingerprint density at radius 2 is 1.75 bits per heavy atom. The molecule has 2 saturated heterocycles. The van der Waals surface area contributed by atoms with Crippen LogP contribution < -0.4 is 5.32 Å². The molecule has 2 atom stereocenters. The molecule has 4 nitrogen and oxygen atoms in total. The summed E-state index contributed by atoms with van der Waals surface area (Å²) in [6, 6.07) is 0. The molecule has 0 saturated carbocycles. The molecule has 2 aliphatic heterocycles. The zero-order valence-electron chi connectivity index (χ0n) is 9.39. The minimum Gasteiger partial charge on any atom is -0.316 e. The first-order valence-electron chi connectivity index (χ1n) is 5.97. The first kappa shape index (κ1) is 12.0. The van der Waals surface area contributed by atoms with Gasteiger partial charge in [0.15, 0.2) is 0 Å². The molecule has 2 fully saturated rings. The maximum absolute atomic E-state index is 11.3. The summed E-state index contributed by atoms with van der Waals surface area (Å²) >= 11 is 0. The molecule has 5 heteroatoms. The average Bonchev–Trinajstić information content (AvgIpc) is 2.29. The predicted molar refractivity (Wildman–Crippen MR) is 61.9 cm³/mol. The topological polar surface area (TPSA) is 63.2 Å². The molecule has 0 aliphatic carbocycles. The van der Waals surface area contributed by atoms with Gasteiger partial charge in [0, 0.05) is 12.5 Å². The zero-order chi connectivity index (χ0) is 11.6. The van der Waals surface area contributed by atoms with Crippen molar-refractivity contribution >= 4 is 16.1 Å². The van der Waals surface area contributed by atoms with Crippen molar-refractivity contribution in [3.8, 4) is 0 Å². The monoisotopic (exact) mass is 245 g/mol. The van der Waals surface area contributed by atoms with Crippen LogP contribution in [-0.2, 0) is 14.6 Å². The summed E-state index contributed by atoms with van der Waals surface area (Å²) in [5, 5.41) is 3.27. The number of piperidine rings is 1. The van der Waals surface area contributed by atoms with Gasteiger partial charge in [-0.25, -0.2) is 8.42 Å². The van der Waals surface area contributed by atoms with Gasteiger partial charge in [-0.15, -0.1) is 0 Å². The molecule has 2 aliphatic rings. The fourth-order valence-corrected chi connectivity index (χ4v) is 4.38. The molecular weight excluding hydrogens is 226 g/mol. The summed E-state index contributed by atoms with van der Waals surface area (Å²) in [6.07, 6.45) is 3.51. The second-order valence-corrected chi connectivity index (χ2v) is 7.34. The van der Waals surface area contributed by atoms with E-state index in [4.69, 9.17) is 0 Å². The van der Waals surface area contributed by atoms with Crippen molar-refractivity contribution in [3.63, 3.8) is 0 Å². The summed E-state index contributed by atoms with van der Waals surface area (Å²) in [5.41, 5.74) is 0. The van der Waals surface area contributed by atoms with E-state index in [-0.39, 0.29) is 5.92 Å². The molecule has 0 bridgehead atoms. The quantitative estimate of drug-likeness (QED) is 0.708. The lowest BCUT2D eigenvalue weighted by molar-refractivity contribution is -0.112. The van der Waals surface area contributed by atoms with Crippen molar-refractivity contribution in [1.82, 2.24) is 5.32 Å². The Hall–Kier alpha value is -0.420. The highest BCUT2D eigenvalue weighted by molar-refractivity contribution is 7.91. The molecule has 2 rings (SSSR count). The number of hydrogen-bond donors (Lipinski definition) is 1. The van der Waals surface area contributed by atoms with Crippen LogP contribution in [0.2, 0.25) is 0 Å². The van der Waals surface area contributed by atoms with Gasteiger partial charge in [0.25, 0.3) is 0 Å². The highest BCUT2D eigenvalue weighted by Gasteiger charge is 2.32. The molecule has 1 N–H and O–H groups in total. The van der Waals surface area contributed by atoms with Crippen LogP contribution >= 0.6 is 0 Å². The summed E-state index contributed by atoms with van der Waals surface area (Å²) in [5.74, 6) is 1.76. The minimum absolute atomic E-state index is 0.122. The number of carbonyl (C=O) groups excluding carboxylic acids is 1. The van der Waals surface area contributed by atoms with Crippen molar-refractivity contribution in [2.75, 3.05) is 24.6 Å². The summed E-state index contributed by atoms with van der Waals surface area (Å²) < 4.78 is 22.7. The second-order valence-electron chi connectivity index (χ2n) is 5.04. The Kier molecular flexibility index (Phi) is 3.64. The molecule has 2 unspecified atom stereocenters. The van der Waals surface area contributed by atoms with E-state index >= 15 is 0 Å². The van der Waals surface area contributed by atoms with Crippen molar-refractivity contribution in [1.29, 1.82) is 0 Å². The van der Waals surface area contributed by atoms with Gasteiger partial charge in [-0.3, -0.25) is 0 Å². The van der Waals surface area contributed by atoms with Crippen LogP contribution in [0, 0.1) is 17.8 Å². The third-order valence-corrected chi connectivity index (χ3v) is 5.59. The first-order chi connectivity index (χ1) is 7.61. The van der Waals surface area contributed by atoms with Crippen LogP contribution in [0.15, 0.2) is 0 Å². The molecule has 0 aromatic carbocycles. The van der Waals surface area contributed by atoms with Gasteiger partial charge < -0.3 is 10.1 Å². The Bertz CT molecular complexity index is 338. The van der Waals surface area contributed by atoms with Gasteiger partial charge in [0.05, 0.1) is 11.5 Å². The first-order valence-corrected chi connectivity index (χ1v) is 7.79. The third kappa shape index (κ3) is 2.83. The van der Waals surface area contributed by atoms with Crippen LogP contribution in [0.4, 0.5) is 0 Å². The zero-order valence-corrected chi connectivity index (χ0v) is 10.2. The molecule has 92 valence electrons. The molecule has 0 aromatic rings. The Morgan fingerprint density at radius 3 is 2.38 bits per heavy atom. The molecule has 0 amide bonds. The Morgan fingerprint density at radius 1 is 1.06 bits per heavy atom. The predicted octanol–water partition coefficient (Wildman–Crippen LogP) is 0.236. The van der Waals surface area contributed by atoms with Gasteiger partial charge >= 0.3 is 0 Å². The maximum Gasteiger partial charge on any atom is 0.150 e. The minimum atomic E-state index is -2.76. The normalized spacial score (nSPS) is 35.8. The third-order valence-electron chi connectivity index (χ3n) is 3.88. The number of sulfone groups is 1. The number of hydrogen-bond acceptors (Lipinski definition) is 4. The molecular formula is C11H19NO3S. The lowest BCUT2D eigenvalue weighted by atomic mass is 9.79. The molecule has 2 heterocycles. The largest absolute Gasteiger partial charge is 0.316 e. The summed E-state index contributed by atoms with van der Waals surface area (Å²) in [6.45, 7) is 1.72. The lowest BCUT2D eigenvalue weighted by Crippen LogP contribution is -2.42. The Balaban J connectivity index is 1.91. The fourth-order valence-electron chi connectivity index (χ4n) is 2.85. The van der Waals surface area contributed by atoms with E-state index < -0.39 is 9.84 Å². The van der Waals surface area contributed by atoms with E-state index in [1.165, 1.54) is 0 Å².